The lowest BCUT2D eigenvalue weighted by Gasteiger charge is -2.17. The highest BCUT2D eigenvalue weighted by Crippen LogP contribution is 2.29. The third-order valence-electron chi connectivity index (χ3n) is 4.15. The molecule has 0 radical (unpaired) electrons. The second kappa shape index (κ2) is 6.80. The molecule has 0 bridgehead atoms. The van der Waals surface area contributed by atoms with Crippen LogP contribution < -0.4 is 10.2 Å². The highest BCUT2D eigenvalue weighted by Gasteiger charge is 2.36. The first-order valence-electron chi connectivity index (χ1n) is 7.67. The highest BCUT2D eigenvalue weighted by molar-refractivity contribution is 6.31. The van der Waals surface area contributed by atoms with E-state index in [1.807, 2.05) is 6.92 Å². The number of benzene rings is 2. The molecule has 1 heterocycles. The number of anilines is 2. The summed E-state index contributed by atoms with van der Waals surface area (Å²) in [6.45, 7) is 1.86. The third kappa shape index (κ3) is 3.64. The first-order valence-corrected chi connectivity index (χ1v) is 8.05. The van der Waals surface area contributed by atoms with Gasteiger partial charge in [0, 0.05) is 29.7 Å². The summed E-state index contributed by atoms with van der Waals surface area (Å²) < 4.78 is 26.9. The Hall–Kier alpha value is -2.47. The van der Waals surface area contributed by atoms with E-state index < -0.39 is 17.6 Å². The number of nitrogens with one attached hydrogen (secondary N) is 1. The molecule has 2 aromatic carbocycles. The Balaban J connectivity index is 1.75. The molecule has 130 valence electrons. The summed E-state index contributed by atoms with van der Waals surface area (Å²) in [7, 11) is 0. The highest BCUT2D eigenvalue weighted by atomic mass is 35.5. The topological polar surface area (TPSA) is 49.4 Å². The molecule has 1 saturated heterocycles. The standard InChI is InChI=1S/C18H15ClF2N2O2/c1-10-2-3-12(19)7-15(10)22-18(25)11-6-17(24)23(9-11)16-5-4-13(20)8-14(16)21/h2-5,7-8,11H,6,9H2,1H3,(H,22,25). The molecule has 2 aromatic rings. The largest absolute Gasteiger partial charge is 0.325 e. The van der Waals surface area contributed by atoms with Crippen LogP contribution in [-0.4, -0.2) is 18.4 Å². The van der Waals surface area contributed by atoms with Gasteiger partial charge >= 0.3 is 0 Å². The molecule has 0 saturated carbocycles. The number of nitrogens with zero attached hydrogens (tertiary/aromatic N) is 1. The molecule has 4 nitrogen and oxygen atoms in total. The maximum Gasteiger partial charge on any atom is 0.229 e. The molecule has 1 fully saturated rings. The number of aryl methyl sites for hydroxylation is 1. The van der Waals surface area contributed by atoms with E-state index >= 15 is 0 Å². The number of amides is 2. The van der Waals surface area contributed by atoms with Crippen LogP contribution in [0, 0.1) is 24.5 Å². The second-order valence-electron chi connectivity index (χ2n) is 5.95. The number of hydrogen-bond acceptors (Lipinski definition) is 2. The summed E-state index contributed by atoms with van der Waals surface area (Å²) in [4.78, 5) is 25.8. The monoisotopic (exact) mass is 364 g/mol. The molecule has 1 unspecified atom stereocenters. The van der Waals surface area contributed by atoms with Gasteiger partial charge in [0.2, 0.25) is 11.8 Å². The van der Waals surface area contributed by atoms with Crippen molar-refractivity contribution in [3.8, 4) is 0 Å². The minimum absolute atomic E-state index is 0.0272. The van der Waals surface area contributed by atoms with Crippen molar-refractivity contribution in [1.82, 2.24) is 0 Å². The van der Waals surface area contributed by atoms with E-state index in [2.05, 4.69) is 5.32 Å². The van der Waals surface area contributed by atoms with Gasteiger partial charge < -0.3 is 10.2 Å². The zero-order valence-electron chi connectivity index (χ0n) is 13.4. The summed E-state index contributed by atoms with van der Waals surface area (Å²) in [5.74, 6) is -2.91. The molecule has 0 aromatic heterocycles. The van der Waals surface area contributed by atoms with Crippen molar-refractivity contribution in [2.75, 3.05) is 16.8 Å². The summed E-state index contributed by atoms with van der Waals surface area (Å²) in [6.07, 6.45) is -0.0394. The van der Waals surface area contributed by atoms with Crippen LogP contribution >= 0.6 is 11.6 Å². The maximum atomic E-state index is 13.9. The van der Waals surface area contributed by atoms with Crippen molar-refractivity contribution in [2.24, 2.45) is 5.92 Å². The van der Waals surface area contributed by atoms with Crippen molar-refractivity contribution in [2.45, 2.75) is 13.3 Å². The molecule has 2 amide bonds. The van der Waals surface area contributed by atoms with Gasteiger partial charge in [0.25, 0.3) is 0 Å². The Morgan fingerprint density at radius 1 is 1.24 bits per heavy atom. The van der Waals surface area contributed by atoms with Crippen LogP contribution in [0.15, 0.2) is 36.4 Å². The Morgan fingerprint density at radius 3 is 2.72 bits per heavy atom. The molecule has 3 rings (SSSR count). The summed E-state index contributed by atoms with van der Waals surface area (Å²) in [5.41, 5.74) is 1.38. The van der Waals surface area contributed by atoms with E-state index in [1.165, 1.54) is 11.0 Å². The quantitative estimate of drug-likeness (QED) is 0.897. The zero-order chi connectivity index (χ0) is 18.1. The lowest BCUT2D eigenvalue weighted by atomic mass is 10.1. The van der Waals surface area contributed by atoms with E-state index in [9.17, 15) is 18.4 Å². The Morgan fingerprint density at radius 2 is 2.00 bits per heavy atom. The van der Waals surface area contributed by atoms with Crippen molar-refractivity contribution >= 4 is 34.8 Å². The van der Waals surface area contributed by atoms with Gasteiger partial charge in [-0.2, -0.15) is 0 Å². The predicted molar refractivity (Wildman–Crippen MR) is 91.6 cm³/mol. The van der Waals surface area contributed by atoms with Crippen LogP contribution in [0.2, 0.25) is 5.02 Å². The van der Waals surface area contributed by atoms with Crippen LogP contribution in [0.25, 0.3) is 0 Å². The number of halogens is 3. The summed E-state index contributed by atoms with van der Waals surface area (Å²) >= 11 is 5.93. The van der Waals surface area contributed by atoms with Gasteiger partial charge in [-0.1, -0.05) is 17.7 Å². The first kappa shape index (κ1) is 17.4. The number of rotatable bonds is 3. The van der Waals surface area contributed by atoms with Gasteiger partial charge in [0.15, 0.2) is 0 Å². The minimum Gasteiger partial charge on any atom is -0.325 e. The van der Waals surface area contributed by atoms with E-state index in [0.29, 0.717) is 16.8 Å². The van der Waals surface area contributed by atoms with Crippen LogP contribution in [-0.2, 0) is 9.59 Å². The number of carbonyl (C=O) groups excluding carboxylic acids is 2. The number of hydrogen-bond donors (Lipinski definition) is 1. The third-order valence-corrected chi connectivity index (χ3v) is 4.39. The van der Waals surface area contributed by atoms with Crippen molar-refractivity contribution in [3.63, 3.8) is 0 Å². The van der Waals surface area contributed by atoms with Gasteiger partial charge in [-0.3, -0.25) is 9.59 Å². The molecule has 25 heavy (non-hydrogen) atoms. The van der Waals surface area contributed by atoms with Crippen LogP contribution in [0.1, 0.15) is 12.0 Å². The van der Waals surface area contributed by atoms with E-state index in [-0.39, 0.29) is 30.5 Å². The van der Waals surface area contributed by atoms with Gasteiger partial charge in [0.05, 0.1) is 11.6 Å². The van der Waals surface area contributed by atoms with Gasteiger partial charge in [0.1, 0.15) is 11.6 Å². The van der Waals surface area contributed by atoms with Crippen molar-refractivity contribution in [3.05, 3.63) is 58.6 Å². The second-order valence-corrected chi connectivity index (χ2v) is 6.39. The molecule has 0 spiro atoms. The Bertz CT molecular complexity index is 857. The Labute approximate surface area is 148 Å². The molecule has 7 heteroatoms. The molecular formula is C18H15ClF2N2O2. The van der Waals surface area contributed by atoms with Gasteiger partial charge in [-0.15, -0.1) is 0 Å². The lowest BCUT2D eigenvalue weighted by Crippen LogP contribution is -2.28. The van der Waals surface area contributed by atoms with Crippen molar-refractivity contribution < 1.29 is 18.4 Å². The van der Waals surface area contributed by atoms with E-state index in [4.69, 9.17) is 11.6 Å². The molecule has 1 atom stereocenters. The average molecular weight is 365 g/mol. The summed E-state index contributed by atoms with van der Waals surface area (Å²) in [5, 5.41) is 3.24. The Kier molecular flexibility index (Phi) is 4.72. The van der Waals surface area contributed by atoms with Crippen molar-refractivity contribution in [1.29, 1.82) is 0 Å². The van der Waals surface area contributed by atoms with Gasteiger partial charge in [-0.05, 0) is 36.8 Å². The SMILES string of the molecule is Cc1ccc(Cl)cc1NC(=O)C1CC(=O)N(c2ccc(F)cc2F)C1. The molecule has 1 aliphatic heterocycles. The smallest absolute Gasteiger partial charge is 0.229 e. The first-order chi connectivity index (χ1) is 11.8. The van der Waals surface area contributed by atoms with Gasteiger partial charge in [-0.25, -0.2) is 8.78 Å². The number of carbonyl (C=O) groups is 2. The van der Waals surface area contributed by atoms with E-state index in [1.54, 1.807) is 18.2 Å². The van der Waals surface area contributed by atoms with Crippen LogP contribution in [0.5, 0.6) is 0 Å². The zero-order valence-corrected chi connectivity index (χ0v) is 14.1. The van der Waals surface area contributed by atoms with Crippen LogP contribution in [0.4, 0.5) is 20.2 Å². The normalized spacial score (nSPS) is 17.0. The minimum atomic E-state index is -0.833. The average Bonchev–Trinajstić information content (AvgIpc) is 2.93. The fraction of sp³-hybridized carbons (Fsp3) is 0.222. The molecule has 0 aliphatic carbocycles. The maximum absolute atomic E-state index is 13.9. The van der Waals surface area contributed by atoms with E-state index in [0.717, 1.165) is 11.6 Å². The summed E-state index contributed by atoms with van der Waals surface area (Å²) in [6, 6.07) is 8.11. The fourth-order valence-corrected chi connectivity index (χ4v) is 2.95. The fourth-order valence-electron chi connectivity index (χ4n) is 2.78. The predicted octanol–water partition coefficient (Wildman–Crippen LogP) is 3.92. The molecule has 1 N–H and O–H groups in total. The van der Waals surface area contributed by atoms with Crippen LogP contribution in [0.3, 0.4) is 0 Å². The molecule has 1 aliphatic rings. The molecular weight excluding hydrogens is 350 g/mol. The lowest BCUT2D eigenvalue weighted by molar-refractivity contribution is -0.122.